The summed E-state index contributed by atoms with van der Waals surface area (Å²) >= 11 is 0. The van der Waals surface area contributed by atoms with Gasteiger partial charge in [0, 0.05) is 50.2 Å². The van der Waals surface area contributed by atoms with Gasteiger partial charge in [-0.1, -0.05) is 0 Å². The molecule has 2 aromatic rings. The first-order chi connectivity index (χ1) is 14.1. The maximum absolute atomic E-state index is 14.8. The van der Waals surface area contributed by atoms with E-state index < -0.39 is 51.0 Å². The van der Waals surface area contributed by atoms with Gasteiger partial charge in [-0.25, -0.2) is 22.8 Å². The van der Waals surface area contributed by atoms with E-state index in [0.717, 1.165) is 16.9 Å². The van der Waals surface area contributed by atoms with Crippen LogP contribution in [0.1, 0.15) is 25.0 Å². The van der Waals surface area contributed by atoms with E-state index in [1.807, 2.05) is 0 Å². The van der Waals surface area contributed by atoms with Gasteiger partial charge in [-0.3, -0.25) is 4.68 Å². The third kappa shape index (κ3) is 4.60. The van der Waals surface area contributed by atoms with Gasteiger partial charge in [-0.15, -0.1) is 0 Å². The minimum Gasteiger partial charge on any atom is -0.325 e. The Morgan fingerprint density at radius 1 is 1.33 bits per heavy atom. The van der Waals surface area contributed by atoms with Crippen molar-refractivity contribution in [1.29, 1.82) is 0 Å². The fraction of sp³-hybridized carbons (Fsp3) is 0.471. The van der Waals surface area contributed by atoms with E-state index in [0.29, 0.717) is 0 Å². The number of aryl methyl sites for hydroxylation is 1. The molecule has 0 aromatic carbocycles. The van der Waals surface area contributed by atoms with Gasteiger partial charge in [-0.2, -0.15) is 18.3 Å². The quantitative estimate of drug-likeness (QED) is 0.557. The van der Waals surface area contributed by atoms with Gasteiger partial charge >= 0.3 is 11.3 Å². The van der Waals surface area contributed by atoms with Gasteiger partial charge in [0.25, 0.3) is 6.43 Å². The van der Waals surface area contributed by atoms with Crippen molar-refractivity contribution < 1.29 is 31.0 Å². The van der Waals surface area contributed by atoms with E-state index in [2.05, 4.69) is 15.4 Å². The van der Waals surface area contributed by atoms with Gasteiger partial charge in [0.1, 0.15) is 16.5 Å². The maximum Gasteiger partial charge on any atom is 0.328 e. The number of aromatic nitrogens is 3. The number of halogens is 5. The molecule has 1 aliphatic rings. The molecule has 0 aliphatic carbocycles. The number of carbonyl (C=O) groups is 1. The van der Waals surface area contributed by atoms with Crippen molar-refractivity contribution in [2.75, 3.05) is 18.4 Å². The molecule has 1 N–H and O–H groups in total. The Kier molecular flexibility index (Phi) is 6.38. The van der Waals surface area contributed by atoms with Crippen LogP contribution < -0.4 is 5.32 Å². The smallest absolute Gasteiger partial charge is 0.325 e. The number of piperidine rings is 1. The van der Waals surface area contributed by atoms with E-state index >= 15 is 0 Å². The number of anilines is 1. The molecule has 0 saturated carbocycles. The van der Waals surface area contributed by atoms with Crippen LogP contribution in [-0.4, -0.2) is 48.2 Å². The highest BCUT2D eigenvalue weighted by atomic mass is 32.2. The normalized spacial score (nSPS) is 16.7. The summed E-state index contributed by atoms with van der Waals surface area (Å²) in [6.07, 6.45) is -1.42. The minimum atomic E-state index is -3.77. The van der Waals surface area contributed by atoms with Gasteiger partial charge in [0.2, 0.25) is 5.95 Å². The predicted molar refractivity (Wildman–Crippen MR) is 97.0 cm³/mol. The Hall–Kier alpha value is -2.57. The first-order valence-electron chi connectivity index (χ1n) is 8.88. The summed E-state index contributed by atoms with van der Waals surface area (Å²) in [6.45, 7) is -0.128. The summed E-state index contributed by atoms with van der Waals surface area (Å²) in [5.74, 6) is -2.15. The summed E-state index contributed by atoms with van der Waals surface area (Å²) in [4.78, 5) is 16.2. The number of pyridine rings is 1. The molecule has 7 nitrogen and oxygen atoms in total. The van der Waals surface area contributed by atoms with Crippen LogP contribution in [0.25, 0.3) is 0 Å². The zero-order chi connectivity index (χ0) is 22.1. The molecule has 2 aromatic heterocycles. The van der Waals surface area contributed by atoms with Gasteiger partial charge in [0.05, 0.1) is 4.90 Å². The number of rotatable bonds is 5. The lowest BCUT2D eigenvalue weighted by molar-refractivity contribution is 0.00491. The van der Waals surface area contributed by atoms with Gasteiger partial charge in [0.15, 0.2) is 0 Å². The maximum atomic E-state index is 14.8. The third-order valence-corrected chi connectivity index (χ3v) is 6.25. The fourth-order valence-corrected chi connectivity index (χ4v) is 4.58. The first-order valence-corrected chi connectivity index (χ1v) is 10.0. The van der Waals surface area contributed by atoms with Crippen molar-refractivity contribution >= 4 is 22.5 Å². The fourth-order valence-electron chi connectivity index (χ4n) is 3.18. The van der Waals surface area contributed by atoms with Crippen LogP contribution >= 0.6 is 0 Å². The molecule has 30 heavy (non-hydrogen) atoms. The number of nitrogens with one attached hydrogen (secondary N) is 1. The van der Waals surface area contributed by atoms with Crippen molar-refractivity contribution in [2.24, 2.45) is 13.0 Å². The number of hydrogen-bond donors (Lipinski definition) is 1. The highest BCUT2D eigenvalue weighted by Crippen LogP contribution is 2.40. The Bertz CT molecular complexity index is 946. The molecule has 1 atom stereocenters. The average Bonchev–Trinajstić information content (AvgIpc) is 3.09. The second-order valence-corrected chi connectivity index (χ2v) is 8.26. The highest BCUT2D eigenvalue weighted by molar-refractivity contribution is 7.86. The molecule has 3 rings (SSSR count). The van der Waals surface area contributed by atoms with E-state index in [4.69, 9.17) is 0 Å². The molecule has 13 heteroatoms. The number of alkyl halides is 4. The second-order valence-electron chi connectivity index (χ2n) is 6.74. The van der Waals surface area contributed by atoms with E-state index in [-0.39, 0.29) is 31.6 Å². The van der Waals surface area contributed by atoms with Crippen molar-refractivity contribution in [3.63, 3.8) is 0 Å². The number of nitrogens with zero attached hydrogens (tertiary/aromatic N) is 4. The lowest BCUT2D eigenvalue weighted by atomic mass is 9.97. The van der Waals surface area contributed by atoms with Crippen LogP contribution in [0.3, 0.4) is 0 Å². The Labute approximate surface area is 170 Å². The highest BCUT2D eigenvalue weighted by Gasteiger charge is 2.49. The molecule has 1 fully saturated rings. The molecule has 3 heterocycles. The average molecular weight is 451 g/mol. The van der Waals surface area contributed by atoms with E-state index in [9.17, 15) is 31.0 Å². The number of likely N-dealkylation sites (tertiary alicyclic amines) is 1. The van der Waals surface area contributed by atoms with Gasteiger partial charge < -0.3 is 10.2 Å². The number of carbonyl (C=O) groups excluding carboxylic acids is 1. The van der Waals surface area contributed by atoms with Crippen molar-refractivity contribution in [3.8, 4) is 0 Å². The second kappa shape index (κ2) is 8.66. The topological polar surface area (TPSA) is 80.1 Å². The molecule has 1 aliphatic heterocycles. The Balaban J connectivity index is 1.65. The standard InChI is InChI=1S/C17H18F5N5O2S/c1-26-9-12(14(25-26)15(19)20)30(29)17(21,22)10-3-6-27(7-4-10)16(28)24-11-2-5-23-13(18)8-11/h2,5,8-10,15H,3-4,6-7H2,1H3,(H,23,24,28). The number of urea groups is 1. The summed E-state index contributed by atoms with van der Waals surface area (Å²) in [7, 11) is -1.75. The molecular formula is C17H18F5N5O2S. The van der Waals surface area contributed by atoms with Gasteiger partial charge in [-0.05, 0) is 18.9 Å². The van der Waals surface area contributed by atoms with Crippen LogP contribution in [-0.2, 0) is 17.8 Å². The van der Waals surface area contributed by atoms with E-state index in [1.165, 1.54) is 24.2 Å². The van der Waals surface area contributed by atoms with Crippen LogP contribution in [0.2, 0.25) is 0 Å². The van der Waals surface area contributed by atoms with Crippen molar-refractivity contribution in [1.82, 2.24) is 19.7 Å². The van der Waals surface area contributed by atoms with Crippen LogP contribution in [0, 0.1) is 11.9 Å². The van der Waals surface area contributed by atoms with E-state index in [1.54, 1.807) is 0 Å². The molecule has 164 valence electrons. The molecular weight excluding hydrogens is 433 g/mol. The number of hydrogen-bond acceptors (Lipinski definition) is 4. The van der Waals surface area contributed by atoms with Crippen molar-refractivity contribution in [2.45, 2.75) is 29.4 Å². The molecule has 0 spiro atoms. The summed E-state index contributed by atoms with van der Waals surface area (Å²) in [6, 6.07) is 1.78. The molecule has 0 bridgehead atoms. The van der Waals surface area contributed by atoms with Crippen molar-refractivity contribution in [3.05, 3.63) is 36.2 Å². The third-order valence-electron chi connectivity index (χ3n) is 4.71. The monoisotopic (exact) mass is 451 g/mol. The lowest BCUT2D eigenvalue weighted by Gasteiger charge is -2.35. The largest absolute Gasteiger partial charge is 0.328 e. The Morgan fingerprint density at radius 2 is 2.00 bits per heavy atom. The first kappa shape index (κ1) is 22.1. The molecule has 2 amide bonds. The predicted octanol–water partition coefficient (Wildman–Crippen LogP) is 3.54. The zero-order valence-corrected chi connectivity index (χ0v) is 16.5. The van der Waals surface area contributed by atoms with Crippen LogP contribution in [0.15, 0.2) is 29.4 Å². The summed E-state index contributed by atoms with van der Waals surface area (Å²) < 4.78 is 82.2. The molecule has 0 radical (unpaired) electrons. The molecule has 1 unspecified atom stereocenters. The minimum absolute atomic E-state index is 0.0639. The van der Waals surface area contributed by atoms with Crippen LogP contribution in [0.5, 0.6) is 0 Å². The summed E-state index contributed by atoms with van der Waals surface area (Å²) in [5.41, 5.74) is -0.769. The number of amides is 2. The van der Waals surface area contributed by atoms with Crippen LogP contribution in [0.4, 0.5) is 32.4 Å². The Morgan fingerprint density at radius 3 is 2.60 bits per heavy atom. The summed E-state index contributed by atoms with van der Waals surface area (Å²) in [5, 5.41) is 2.09. The SMILES string of the molecule is Cn1cc(S(=O)C(F)(F)C2CCN(C(=O)Nc3ccnc(F)c3)CC2)c(C(F)F)n1. The molecule has 1 saturated heterocycles. The lowest BCUT2D eigenvalue weighted by Crippen LogP contribution is -2.46. The zero-order valence-electron chi connectivity index (χ0n) is 15.7.